The highest BCUT2D eigenvalue weighted by Crippen LogP contribution is 2.48. The predicted molar refractivity (Wildman–Crippen MR) is 232 cm³/mol. The molecule has 0 fully saturated rings. The summed E-state index contributed by atoms with van der Waals surface area (Å²) in [4.78, 5) is 0. The molecule has 10 rings (SSSR count). The summed E-state index contributed by atoms with van der Waals surface area (Å²) in [5.74, 6) is 0. The van der Waals surface area contributed by atoms with E-state index in [1.54, 1.807) is 0 Å². The van der Waals surface area contributed by atoms with Crippen LogP contribution in [0.2, 0.25) is 0 Å². The van der Waals surface area contributed by atoms with Crippen LogP contribution in [0.5, 0.6) is 0 Å². The average Bonchev–Trinajstić information content (AvgIpc) is 3.26. The molecule has 54 heavy (non-hydrogen) atoms. The van der Waals surface area contributed by atoms with Crippen molar-refractivity contribution >= 4 is 32.3 Å². The molecule has 0 bridgehead atoms. The maximum Gasteiger partial charge on any atom is -0.00201 e. The quantitative estimate of drug-likeness (QED) is 0.153. The first-order valence-corrected chi connectivity index (χ1v) is 18.7. The van der Waals surface area contributed by atoms with Crippen LogP contribution >= 0.6 is 0 Å². The fourth-order valence-electron chi connectivity index (χ4n) is 8.42. The van der Waals surface area contributed by atoms with E-state index in [-0.39, 0.29) is 0 Å². The van der Waals surface area contributed by atoms with E-state index in [2.05, 4.69) is 218 Å². The summed E-state index contributed by atoms with van der Waals surface area (Å²) >= 11 is 0. The van der Waals surface area contributed by atoms with E-state index in [4.69, 9.17) is 0 Å². The minimum atomic E-state index is 1.19. The van der Waals surface area contributed by atoms with Crippen molar-refractivity contribution in [2.24, 2.45) is 0 Å². The van der Waals surface area contributed by atoms with Crippen LogP contribution in [-0.4, -0.2) is 0 Å². The fourth-order valence-corrected chi connectivity index (χ4v) is 8.42. The Bertz CT molecular complexity index is 2910. The zero-order chi connectivity index (χ0) is 35.8. The molecule has 0 saturated heterocycles. The monoisotopic (exact) mass is 684 g/mol. The lowest BCUT2D eigenvalue weighted by Crippen LogP contribution is -1.95. The maximum atomic E-state index is 2.43. The average molecular weight is 685 g/mol. The number of hydrogen-bond donors (Lipinski definition) is 0. The molecular formula is C54H36. The minimum absolute atomic E-state index is 1.19. The number of benzene rings is 10. The van der Waals surface area contributed by atoms with Crippen LogP contribution in [0.25, 0.3) is 99.1 Å². The van der Waals surface area contributed by atoms with Gasteiger partial charge in [0.15, 0.2) is 0 Å². The maximum absolute atomic E-state index is 2.43. The molecule has 0 amide bonds. The van der Waals surface area contributed by atoms with E-state index in [1.165, 1.54) is 99.1 Å². The van der Waals surface area contributed by atoms with Crippen LogP contribution in [0.1, 0.15) is 0 Å². The third kappa shape index (κ3) is 5.48. The highest BCUT2D eigenvalue weighted by atomic mass is 14.2. The van der Waals surface area contributed by atoms with E-state index in [1.807, 2.05) is 0 Å². The second-order valence-corrected chi connectivity index (χ2v) is 14.0. The van der Waals surface area contributed by atoms with Crippen molar-refractivity contribution in [3.63, 3.8) is 0 Å². The highest BCUT2D eigenvalue weighted by Gasteiger charge is 2.21. The molecule has 0 heterocycles. The molecular weight excluding hydrogens is 649 g/mol. The molecule has 0 aromatic heterocycles. The smallest absolute Gasteiger partial charge is 0.00201 e. The molecule has 0 nitrogen and oxygen atoms in total. The molecule has 10 aromatic rings. The summed E-state index contributed by atoms with van der Waals surface area (Å²) in [6, 6.07) is 79.8. The van der Waals surface area contributed by atoms with Crippen molar-refractivity contribution < 1.29 is 0 Å². The van der Waals surface area contributed by atoms with Crippen molar-refractivity contribution in [3.8, 4) is 66.8 Å². The van der Waals surface area contributed by atoms with E-state index < -0.39 is 0 Å². The number of fused-ring (bicyclic) bond motifs is 3. The van der Waals surface area contributed by atoms with Crippen LogP contribution < -0.4 is 0 Å². The van der Waals surface area contributed by atoms with Crippen molar-refractivity contribution in [1.29, 1.82) is 0 Å². The SMILES string of the molecule is c1ccc(-c2ccccc2-c2ccc(-c3c4ccccc4c(-c4ccc5ccccc5c4)c4ccccc34)c(-c3ccccc3-c3ccccc3)c2)cc1. The molecule has 252 valence electrons. The van der Waals surface area contributed by atoms with E-state index in [0.29, 0.717) is 0 Å². The Morgan fingerprint density at radius 3 is 1.20 bits per heavy atom. The van der Waals surface area contributed by atoms with Gasteiger partial charge in [-0.3, -0.25) is 0 Å². The lowest BCUT2D eigenvalue weighted by molar-refractivity contribution is 1.55. The molecule has 0 heteroatoms. The Morgan fingerprint density at radius 1 is 0.185 bits per heavy atom. The largest absolute Gasteiger partial charge is 0.0622 e. The summed E-state index contributed by atoms with van der Waals surface area (Å²) in [6.45, 7) is 0. The Morgan fingerprint density at radius 2 is 0.611 bits per heavy atom. The van der Waals surface area contributed by atoms with Gasteiger partial charge >= 0.3 is 0 Å². The summed E-state index contributed by atoms with van der Waals surface area (Å²) in [5.41, 5.74) is 14.7. The van der Waals surface area contributed by atoms with E-state index >= 15 is 0 Å². The number of rotatable bonds is 6. The van der Waals surface area contributed by atoms with Crippen LogP contribution in [0.4, 0.5) is 0 Å². The van der Waals surface area contributed by atoms with Crippen LogP contribution in [-0.2, 0) is 0 Å². The van der Waals surface area contributed by atoms with Gasteiger partial charge in [-0.15, -0.1) is 0 Å². The molecule has 0 atom stereocenters. The zero-order valence-corrected chi connectivity index (χ0v) is 29.8. The lowest BCUT2D eigenvalue weighted by atomic mass is 9.81. The van der Waals surface area contributed by atoms with Gasteiger partial charge in [0.25, 0.3) is 0 Å². The zero-order valence-electron chi connectivity index (χ0n) is 29.8. The normalized spacial score (nSPS) is 11.3. The summed E-state index contributed by atoms with van der Waals surface area (Å²) in [7, 11) is 0. The third-order valence-corrected chi connectivity index (χ3v) is 10.9. The van der Waals surface area contributed by atoms with Gasteiger partial charge in [0.05, 0.1) is 0 Å². The van der Waals surface area contributed by atoms with E-state index in [9.17, 15) is 0 Å². The van der Waals surface area contributed by atoms with Gasteiger partial charge in [0.1, 0.15) is 0 Å². The van der Waals surface area contributed by atoms with E-state index in [0.717, 1.165) is 0 Å². The Kier molecular flexibility index (Phi) is 7.93. The van der Waals surface area contributed by atoms with Crippen molar-refractivity contribution in [2.75, 3.05) is 0 Å². The summed E-state index contributed by atoms with van der Waals surface area (Å²) < 4.78 is 0. The Labute approximate surface area is 316 Å². The van der Waals surface area contributed by atoms with Gasteiger partial charge in [-0.2, -0.15) is 0 Å². The topological polar surface area (TPSA) is 0 Å². The molecule has 0 N–H and O–H groups in total. The van der Waals surface area contributed by atoms with Gasteiger partial charge in [-0.1, -0.05) is 206 Å². The molecule has 0 aliphatic heterocycles. The second-order valence-electron chi connectivity index (χ2n) is 14.0. The van der Waals surface area contributed by atoms with Crippen LogP contribution in [0.15, 0.2) is 218 Å². The molecule has 0 radical (unpaired) electrons. The first kappa shape index (κ1) is 31.7. The van der Waals surface area contributed by atoms with Crippen molar-refractivity contribution in [1.82, 2.24) is 0 Å². The van der Waals surface area contributed by atoms with Crippen LogP contribution in [0, 0.1) is 0 Å². The lowest BCUT2D eigenvalue weighted by Gasteiger charge is -2.22. The third-order valence-electron chi connectivity index (χ3n) is 10.9. The number of hydrogen-bond acceptors (Lipinski definition) is 0. The fraction of sp³-hybridized carbons (Fsp3) is 0. The van der Waals surface area contributed by atoms with Crippen LogP contribution in [0.3, 0.4) is 0 Å². The molecule has 0 aliphatic rings. The van der Waals surface area contributed by atoms with Crippen molar-refractivity contribution in [2.45, 2.75) is 0 Å². The molecule has 10 aromatic carbocycles. The summed E-state index contributed by atoms with van der Waals surface area (Å²) in [5, 5.41) is 7.50. The Balaban J connectivity index is 1.29. The summed E-state index contributed by atoms with van der Waals surface area (Å²) in [6.07, 6.45) is 0. The standard InChI is InChI=1S/C54H36/c1-3-18-38(19-4-1)43-23-9-10-25-45(43)41-33-34-51(52(36-41)46-26-12-11-24-44(46)39-20-5-2-6-21-39)54-49-29-15-13-27-47(49)53(48-28-14-16-30-50(48)54)42-32-31-37-17-7-8-22-40(37)35-42/h1-36H. The first-order valence-electron chi connectivity index (χ1n) is 18.7. The molecule has 0 spiro atoms. The van der Waals surface area contributed by atoms with Crippen molar-refractivity contribution in [3.05, 3.63) is 218 Å². The van der Waals surface area contributed by atoms with Gasteiger partial charge < -0.3 is 0 Å². The molecule has 0 unspecified atom stereocenters. The van der Waals surface area contributed by atoms with Gasteiger partial charge in [0, 0.05) is 0 Å². The molecule has 0 aliphatic carbocycles. The van der Waals surface area contributed by atoms with Gasteiger partial charge in [0.2, 0.25) is 0 Å². The minimum Gasteiger partial charge on any atom is -0.0622 e. The Hall–Kier alpha value is -7.02. The van der Waals surface area contributed by atoms with Gasteiger partial charge in [-0.25, -0.2) is 0 Å². The first-order chi connectivity index (χ1) is 26.8. The predicted octanol–water partition coefficient (Wildman–Crippen LogP) is 15.1. The highest BCUT2D eigenvalue weighted by molar-refractivity contribution is 6.23. The second kappa shape index (κ2) is 13.5. The van der Waals surface area contributed by atoms with Gasteiger partial charge in [-0.05, 0) is 111 Å². The molecule has 0 saturated carbocycles.